The fraction of sp³-hybridized carbons (Fsp3) is 0.353. The Morgan fingerprint density at radius 1 is 1.10 bits per heavy atom. The van der Waals surface area contributed by atoms with E-state index in [0.29, 0.717) is 5.39 Å². The summed E-state index contributed by atoms with van der Waals surface area (Å²) in [6.07, 6.45) is -1.13. The van der Waals surface area contributed by atoms with Crippen LogP contribution in [-0.4, -0.2) is 61.7 Å². The second-order valence-electron chi connectivity index (χ2n) is 12.8. The topological polar surface area (TPSA) is 191 Å². The quantitative estimate of drug-likeness (QED) is 0.128. The molecule has 16 heteroatoms. The minimum Gasteiger partial charge on any atom is -0.460 e. The Labute approximate surface area is 286 Å². The van der Waals surface area contributed by atoms with Crippen molar-refractivity contribution < 1.29 is 37.4 Å². The molecule has 50 heavy (non-hydrogen) atoms. The molecule has 0 radical (unpaired) electrons. The standard InChI is InChI=1S/C34H37N6O9P/c1-20(30(42)44-17-21-11-6-5-7-12-21)39-50(43,48-24-16-10-14-22-13-8-9-15-23(22)24)45-18-25-27-34(4,49-33(2,3)47-27)31(46-25)40-19-36-26-28(40)37-32(35)38-29(26)41/h5-16,19-20,25,27,31H,17-18H2,1-4H3,(H,39,43)(H3,35,37,38,41)/t20-,25+,27+,31+,34+,50?/m0/s1. The molecule has 15 nitrogen and oxygen atoms in total. The number of hydrogen-bond donors (Lipinski definition) is 3. The number of ether oxygens (including phenoxy) is 4. The van der Waals surface area contributed by atoms with E-state index in [9.17, 15) is 14.2 Å². The molecule has 6 atom stereocenters. The second-order valence-corrected chi connectivity index (χ2v) is 14.5. The Kier molecular flexibility index (Phi) is 8.75. The number of imidazole rings is 1. The third-order valence-corrected chi connectivity index (χ3v) is 10.2. The monoisotopic (exact) mass is 704 g/mol. The molecular formula is C34H37N6O9P. The first kappa shape index (κ1) is 33.8. The number of carbonyl (C=O) groups is 1. The predicted octanol–water partition coefficient (Wildman–Crippen LogP) is 4.59. The highest BCUT2D eigenvalue weighted by Gasteiger charge is 2.64. The van der Waals surface area contributed by atoms with Crippen molar-refractivity contribution in [2.24, 2.45) is 0 Å². The van der Waals surface area contributed by atoms with Crippen molar-refractivity contribution in [3.8, 4) is 5.75 Å². The summed E-state index contributed by atoms with van der Waals surface area (Å²) in [5, 5.41) is 4.30. The number of nitrogens with two attached hydrogens (primary N) is 1. The number of fused-ring (bicyclic) bond motifs is 3. The third-order valence-electron chi connectivity index (χ3n) is 8.58. The molecule has 0 spiro atoms. The Morgan fingerprint density at radius 2 is 1.84 bits per heavy atom. The number of nitrogens with zero attached hydrogens (tertiary/aromatic N) is 3. The molecule has 2 aliphatic rings. The lowest BCUT2D eigenvalue weighted by Gasteiger charge is -2.30. The number of nitrogens with one attached hydrogen (secondary N) is 2. The number of nitrogen functional groups attached to an aromatic ring is 1. The third kappa shape index (κ3) is 6.51. The molecule has 0 saturated carbocycles. The van der Waals surface area contributed by atoms with Gasteiger partial charge in [0.1, 0.15) is 36.2 Å². The summed E-state index contributed by atoms with van der Waals surface area (Å²) in [6, 6.07) is 20.9. The number of aromatic amines is 1. The van der Waals surface area contributed by atoms with Gasteiger partial charge in [-0.05, 0) is 44.7 Å². The van der Waals surface area contributed by atoms with Crippen molar-refractivity contribution in [3.05, 3.63) is 95.0 Å². The van der Waals surface area contributed by atoms with Crippen LogP contribution >= 0.6 is 7.75 Å². The number of aromatic nitrogens is 4. The van der Waals surface area contributed by atoms with Crippen LogP contribution in [0.5, 0.6) is 5.75 Å². The second kappa shape index (κ2) is 12.9. The summed E-state index contributed by atoms with van der Waals surface area (Å²) in [7, 11) is -4.35. The van der Waals surface area contributed by atoms with E-state index in [4.69, 9.17) is 33.7 Å². The van der Waals surface area contributed by atoms with Crippen molar-refractivity contribution in [2.45, 2.75) is 70.2 Å². The smallest absolute Gasteiger partial charge is 0.459 e. The molecule has 4 heterocycles. The first-order chi connectivity index (χ1) is 23.8. The predicted molar refractivity (Wildman–Crippen MR) is 182 cm³/mol. The number of esters is 1. The Morgan fingerprint density at radius 3 is 2.64 bits per heavy atom. The van der Waals surface area contributed by atoms with E-state index in [1.54, 1.807) is 37.5 Å². The van der Waals surface area contributed by atoms with Crippen molar-refractivity contribution in [3.63, 3.8) is 0 Å². The first-order valence-electron chi connectivity index (χ1n) is 16.0. The van der Waals surface area contributed by atoms with Crippen molar-refractivity contribution in [1.82, 2.24) is 24.6 Å². The molecule has 262 valence electrons. The average molecular weight is 705 g/mol. The van der Waals surface area contributed by atoms with Crippen LogP contribution in [-0.2, 0) is 39.4 Å². The molecule has 0 amide bonds. The molecule has 2 fully saturated rings. The molecule has 3 aromatic carbocycles. The number of carbonyl (C=O) groups excluding carboxylic acids is 1. The number of benzene rings is 3. The molecule has 1 unspecified atom stereocenters. The fourth-order valence-electron chi connectivity index (χ4n) is 6.44. The number of hydrogen-bond acceptors (Lipinski definition) is 12. The minimum atomic E-state index is -4.35. The zero-order valence-corrected chi connectivity index (χ0v) is 28.7. The molecule has 0 bridgehead atoms. The maximum Gasteiger partial charge on any atom is 0.459 e. The van der Waals surface area contributed by atoms with Gasteiger partial charge in [-0.1, -0.05) is 66.7 Å². The van der Waals surface area contributed by atoms with Crippen LogP contribution in [0.15, 0.2) is 83.9 Å². The Balaban J connectivity index is 1.17. The van der Waals surface area contributed by atoms with Gasteiger partial charge in [0.05, 0.1) is 12.9 Å². The van der Waals surface area contributed by atoms with Gasteiger partial charge in [0.15, 0.2) is 23.2 Å². The molecule has 7 rings (SSSR count). The zero-order valence-electron chi connectivity index (χ0n) is 27.8. The summed E-state index contributed by atoms with van der Waals surface area (Å²) >= 11 is 0. The average Bonchev–Trinajstić information content (AvgIpc) is 3.69. The SMILES string of the molecule is C[C@H](NP(=O)(OC[C@H]1O[C@@H](n2cnc3c(=O)[nH]c(N)nc32)[C@]2(C)OC(C)(C)O[C@H]12)Oc1cccc2ccccc12)C(=O)OCc1ccccc1. The highest BCUT2D eigenvalue weighted by molar-refractivity contribution is 7.52. The maximum atomic E-state index is 14.7. The van der Waals surface area contributed by atoms with E-state index in [1.165, 1.54) is 13.3 Å². The summed E-state index contributed by atoms with van der Waals surface area (Å²) in [6.45, 7) is 6.54. The minimum absolute atomic E-state index is 0.0288. The maximum absolute atomic E-state index is 14.7. The Bertz CT molecular complexity index is 2150. The largest absolute Gasteiger partial charge is 0.460 e. The van der Waals surface area contributed by atoms with Gasteiger partial charge in [-0.25, -0.2) is 9.55 Å². The highest BCUT2D eigenvalue weighted by atomic mass is 31.2. The van der Waals surface area contributed by atoms with Crippen LogP contribution < -0.4 is 20.9 Å². The summed E-state index contributed by atoms with van der Waals surface area (Å²) in [5.74, 6) is -1.52. The van der Waals surface area contributed by atoms with Crippen LogP contribution in [0, 0.1) is 0 Å². The molecule has 2 aliphatic heterocycles. The van der Waals surface area contributed by atoms with E-state index >= 15 is 0 Å². The van der Waals surface area contributed by atoms with Gasteiger partial charge in [0.2, 0.25) is 5.95 Å². The molecule has 2 aromatic heterocycles. The van der Waals surface area contributed by atoms with Gasteiger partial charge < -0.3 is 29.2 Å². The zero-order chi connectivity index (χ0) is 35.3. The first-order valence-corrected chi connectivity index (χ1v) is 17.5. The Hall–Kier alpha value is -4.63. The van der Waals surface area contributed by atoms with Crippen molar-refractivity contribution in [2.75, 3.05) is 12.3 Å². The highest BCUT2D eigenvalue weighted by Crippen LogP contribution is 2.53. The van der Waals surface area contributed by atoms with E-state index in [1.807, 2.05) is 60.7 Å². The lowest BCUT2D eigenvalue weighted by Crippen LogP contribution is -2.42. The number of rotatable bonds is 11. The molecular weight excluding hydrogens is 667 g/mol. The van der Waals surface area contributed by atoms with Gasteiger partial charge in [-0.3, -0.25) is 23.7 Å². The van der Waals surface area contributed by atoms with Crippen LogP contribution in [0.2, 0.25) is 0 Å². The lowest BCUT2D eigenvalue weighted by atomic mass is 9.96. The van der Waals surface area contributed by atoms with Gasteiger partial charge in [-0.15, -0.1) is 0 Å². The molecule has 4 N–H and O–H groups in total. The lowest BCUT2D eigenvalue weighted by molar-refractivity contribution is -0.216. The van der Waals surface area contributed by atoms with E-state index in [-0.39, 0.29) is 36.1 Å². The molecule has 0 aliphatic carbocycles. The number of anilines is 1. The van der Waals surface area contributed by atoms with Gasteiger partial charge in [0, 0.05) is 5.39 Å². The summed E-state index contributed by atoms with van der Waals surface area (Å²) < 4.78 is 53.1. The fourth-order valence-corrected chi connectivity index (χ4v) is 7.96. The van der Waals surface area contributed by atoms with Crippen LogP contribution in [0.25, 0.3) is 21.9 Å². The summed E-state index contributed by atoms with van der Waals surface area (Å²) in [4.78, 5) is 36.6. The van der Waals surface area contributed by atoms with Gasteiger partial charge in [0.25, 0.3) is 5.56 Å². The normalized spacial score (nSPS) is 24.5. The summed E-state index contributed by atoms with van der Waals surface area (Å²) in [5.41, 5.74) is 5.24. The van der Waals surface area contributed by atoms with Crippen molar-refractivity contribution >= 4 is 41.6 Å². The van der Waals surface area contributed by atoms with Crippen LogP contribution in [0.4, 0.5) is 5.95 Å². The van der Waals surface area contributed by atoms with E-state index < -0.39 is 55.1 Å². The van der Waals surface area contributed by atoms with Crippen molar-refractivity contribution in [1.29, 1.82) is 0 Å². The molecule has 2 saturated heterocycles. The van der Waals surface area contributed by atoms with Gasteiger partial charge in [-0.2, -0.15) is 10.1 Å². The van der Waals surface area contributed by atoms with Crippen LogP contribution in [0.1, 0.15) is 39.5 Å². The van der Waals surface area contributed by atoms with E-state index in [0.717, 1.165) is 10.9 Å². The number of H-pyrrole nitrogens is 1. The van der Waals surface area contributed by atoms with Gasteiger partial charge >= 0.3 is 13.7 Å². The van der Waals surface area contributed by atoms with Crippen LogP contribution in [0.3, 0.4) is 0 Å². The molecule has 5 aromatic rings. The van der Waals surface area contributed by atoms with E-state index in [2.05, 4.69) is 20.0 Å².